The Bertz CT molecular complexity index is 150. The minimum Gasteiger partial charge on any atom is -0.0654 e. The highest BCUT2D eigenvalue weighted by molar-refractivity contribution is 4.79. The van der Waals surface area contributed by atoms with Gasteiger partial charge in [-0.2, -0.15) is 0 Å². The molecular formula is C16H34. The molecule has 0 aromatic rings. The van der Waals surface area contributed by atoms with Gasteiger partial charge in [0.15, 0.2) is 0 Å². The Morgan fingerprint density at radius 2 is 1.38 bits per heavy atom. The molecule has 0 heterocycles. The topological polar surface area (TPSA) is 0 Å². The van der Waals surface area contributed by atoms with Gasteiger partial charge in [-0.15, -0.1) is 0 Å². The molecule has 0 fully saturated rings. The van der Waals surface area contributed by atoms with Crippen LogP contribution in [-0.2, 0) is 0 Å². The summed E-state index contributed by atoms with van der Waals surface area (Å²) in [6, 6.07) is 0. The van der Waals surface area contributed by atoms with Gasteiger partial charge >= 0.3 is 0 Å². The van der Waals surface area contributed by atoms with Gasteiger partial charge in [0.2, 0.25) is 0 Å². The normalized spacial score (nSPS) is 17.1. The Kier molecular flexibility index (Phi) is 9.07. The zero-order valence-corrected chi connectivity index (χ0v) is 12.4. The first kappa shape index (κ1) is 16.0. The number of hydrogen-bond acceptors (Lipinski definition) is 0. The van der Waals surface area contributed by atoms with Crippen LogP contribution in [0.1, 0.15) is 92.4 Å². The lowest BCUT2D eigenvalue weighted by Crippen LogP contribution is -2.25. The quantitative estimate of drug-likeness (QED) is 0.389. The molecule has 0 aliphatic carbocycles. The SMILES string of the molecule is CCCCCC(C)(CCCC)C(C)CCC. The highest BCUT2D eigenvalue weighted by Crippen LogP contribution is 2.40. The monoisotopic (exact) mass is 226 g/mol. The third-order valence-electron chi connectivity index (χ3n) is 4.36. The van der Waals surface area contributed by atoms with Crippen molar-refractivity contribution < 1.29 is 0 Å². The molecule has 0 N–H and O–H groups in total. The van der Waals surface area contributed by atoms with Crippen molar-refractivity contribution in [2.24, 2.45) is 11.3 Å². The zero-order chi connectivity index (χ0) is 12.4. The summed E-state index contributed by atoms with van der Waals surface area (Å²) in [4.78, 5) is 0. The molecule has 2 unspecified atom stereocenters. The fourth-order valence-electron chi connectivity index (χ4n) is 2.76. The van der Waals surface area contributed by atoms with E-state index in [0.717, 1.165) is 5.92 Å². The zero-order valence-electron chi connectivity index (χ0n) is 12.4. The summed E-state index contributed by atoms with van der Waals surface area (Å²) in [5.74, 6) is 0.904. The van der Waals surface area contributed by atoms with Crippen LogP contribution in [0.3, 0.4) is 0 Å². The third-order valence-corrected chi connectivity index (χ3v) is 4.36. The second-order valence-corrected chi connectivity index (χ2v) is 5.90. The number of unbranched alkanes of at least 4 members (excludes halogenated alkanes) is 3. The Morgan fingerprint density at radius 3 is 1.88 bits per heavy atom. The first-order valence-electron chi connectivity index (χ1n) is 7.60. The Hall–Kier alpha value is 0. The second kappa shape index (κ2) is 9.07. The maximum absolute atomic E-state index is 2.54. The van der Waals surface area contributed by atoms with Crippen LogP contribution in [-0.4, -0.2) is 0 Å². The van der Waals surface area contributed by atoms with E-state index in [4.69, 9.17) is 0 Å². The van der Waals surface area contributed by atoms with Crippen molar-refractivity contribution >= 4 is 0 Å². The van der Waals surface area contributed by atoms with E-state index >= 15 is 0 Å². The van der Waals surface area contributed by atoms with Gasteiger partial charge in [-0.05, 0) is 24.2 Å². The van der Waals surface area contributed by atoms with E-state index in [0.29, 0.717) is 5.41 Å². The molecule has 0 saturated carbocycles. The predicted molar refractivity (Wildman–Crippen MR) is 75.8 cm³/mol. The lowest BCUT2D eigenvalue weighted by molar-refractivity contribution is 0.147. The minimum atomic E-state index is 0.612. The number of hydrogen-bond donors (Lipinski definition) is 0. The minimum absolute atomic E-state index is 0.612. The summed E-state index contributed by atoms with van der Waals surface area (Å²) in [6.45, 7) is 12.0. The van der Waals surface area contributed by atoms with Crippen LogP contribution in [0.2, 0.25) is 0 Å². The molecule has 0 aliphatic heterocycles. The van der Waals surface area contributed by atoms with Crippen molar-refractivity contribution in [2.75, 3.05) is 0 Å². The summed E-state index contributed by atoms with van der Waals surface area (Å²) in [6.07, 6.45) is 12.6. The van der Waals surface area contributed by atoms with Crippen LogP contribution in [0.25, 0.3) is 0 Å². The maximum atomic E-state index is 2.54. The standard InChI is InChI=1S/C16H34/c1-6-9-11-14-16(5,13-10-7-2)15(4)12-8-3/h15H,6-14H2,1-5H3. The molecule has 2 atom stereocenters. The Labute approximate surface area is 104 Å². The summed E-state index contributed by atoms with van der Waals surface area (Å²) in [5.41, 5.74) is 0.612. The van der Waals surface area contributed by atoms with E-state index in [9.17, 15) is 0 Å². The highest BCUT2D eigenvalue weighted by atomic mass is 14.3. The molecule has 0 spiro atoms. The molecule has 0 rings (SSSR count). The molecule has 0 radical (unpaired) electrons. The van der Waals surface area contributed by atoms with Crippen LogP contribution >= 0.6 is 0 Å². The lowest BCUT2D eigenvalue weighted by atomic mass is 9.69. The number of rotatable bonds is 10. The van der Waals surface area contributed by atoms with Crippen LogP contribution in [0.4, 0.5) is 0 Å². The van der Waals surface area contributed by atoms with E-state index in [-0.39, 0.29) is 0 Å². The molecule has 0 amide bonds. The largest absolute Gasteiger partial charge is 0.0654 e. The van der Waals surface area contributed by atoms with Gasteiger partial charge in [-0.3, -0.25) is 0 Å². The molecule has 0 aliphatic rings. The summed E-state index contributed by atoms with van der Waals surface area (Å²) >= 11 is 0. The second-order valence-electron chi connectivity index (χ2n) is 5.90. The van der Waals surface area contributed by atoms with Gasteiger partial charge in [0, 0.05) is 0 Å². The van der Waals surface area contributed by atoms with Crippen molar-refractivity contribution in [3.63, 3.8) is 0 Å². The Balaban J connectivity index is 4.22. The first-order chi connectivity index (χ1) is 7.60. The smallest absolute Gasteiger partial charge is 0.0300 e. The fraction of sp³-hybridized carbons (Fsp3) is 1.00. The molecule has 0 nitrogen and oxygen atoms in total. The average molecular weight is 226 g/mol. The van der Waals surface area contributed by atoms with Crippen molar-refractivity contribution in [1.82, 2.24) is 0 Å². The lowest BCUT2D eigenvalue weighted by Gasteiger charge is -2.36. The molecule has 16 heavy (non-hydrogen) atoms. The molecular weight excluding hydrogens is 192 g/mol. The van der Waals surface area contributed by atoms with Crippen molar-refractivity contribution in [3.05, 3.63) is 0 Å². The van der Waals surface area contributed by atoms with Gasteiger partial charge in [0.25, 0.3) is 0 Å². The average Bonchev–Trinajstić information content (AvgIpc) is 2.27. The van der Waals surface area contributed by atoms with Gasteiger partial charge in [0.1, 0.15) is 0 Å². The van der Waals surface area contributed by atoms with E-state index in [1.54, 1.807) is 0 Å². The van der Waals surface area contributed by atoms with Gasteiger partial charge in [-0.1, -0.05) is 79.6 Å². The highest BCUT2D eigenvalue weighted by Gasteiger charge is 2.29. The van der Waals surface area contributed by atoms with E-state index in [2.05, 4.69) is 34.6 Å². The van der Waals surface area contributed by atoms with E-state index in [1.165, 1.54) is 57.8 Å². The fourth-order valence-corrected chi connectivity index (χ4v) is 2.76. The third kappa shape index (κ3) is 5.92. The molecule has 0 saturated heterocycles. The summed E-state index contributed by atoms with van der Waals surface area (Å²) in [7, 11) is 0. The molecule has 0 aromatic carbocycles. The van der Waals surface area contributed by atoms with Crippen LogP contribution in [0, 0.1) is 11.3 Å². The molecule has 0 aromatic heterocycles. The Morgan fingerprint density at radius 1 is 0.812 bits per heavy atom. The van der Waals surface area contributed by atoms with Crippen LogP contribution in [0.5, 0.6) is 0 Å². The molecule has 0 heteroatoms. The maximum Gasteiger partial charge on any atom is -0.0300 e. The van der Waals surface area contributed by atoms with E-state index < -0.39 is 0 Å². The molecule has 0 bridgehead atoms. The van der Waals surface area contributed by atoms with Gasteiger partial charge < -0.3 is 0 Å². The summed E-state index contributed by atoms with van der Waals surface area (Å²) in [5, 5.41) is 0. The van der Waals surface area contributed by atoms with E-state index in [1.807, 2.05) is 0 Å². The van der Waals surface area contributed by atoms with Gasteiger partial charge in [0.05, 0.1) is 0 Å². The van der Waals surface area contributed by atoms with Crippen LogP contribution in [0.15, 0.2) is 0 Å². The summed E-state index contributed by atoms with van der Waals surface area (Å²) < 4.78 is 0. The van der Waals surface area contributed by atoms with Crippen LogP contribution < -0.4 is 0 Å². The van der Waals surface area contributed by atoms with Gasteiger partial charge in [-0.25, -0.2) is 0 Å². The first-order valence-corrected chi connectivity index (χ1v) is 7.60. The molecule has 98 valence electrons. The van der Waals surface area contributed by atoms with Crippen molar-refractivity contribution in [2.45, 2.75) is 92.4 Å². The predicted octanol–water partition coefficient (Wildman–Crippen LogP) is 6.20. The van der Waals surface area contributed by atoms with Crippen molar-refractivity contribution in [1.29, 1.82) is 0 Å². The van der Waals surface area contributed by atoms with Crippen molar-refractivity contribution in [3.8, 4) is 0 Å².